The number of nitrogens with zero attached hydrogens (tertiary/aromatic N) is 2. The third-order valence-corrected chi connectivity index (χ3v) is 8.86. The monoisotopic (exact) mass is 543 g/mol. The van der Waals surface area contributed by atoms with Gasteiger partial charge < -0.3 is 14.7 Å². The van der Waals surface area contributed by atoms with Crippen molar-refractivity contribution >= 4 is 21.7 Å². The van der Waals surface area contributed by atoms with Gasteiger partial charge in [0.2, 0.25) is 10.0 Å². The molecule has 1 aromatic heterocycles. The van der Waals surface area contributed by atoms with E-state index in [1.54, 1.807) is 24.3 Å². The fraction of sp³-hybridized carbons (Fsp3) is 0.586. The average molecular weight is 544 g/mol. The van der Waals surface area contributed by atoms with Crippen LogP contribution in [0, 0.1) is 19.3 Å². The number of carboxylic acids is 1. The van der Waals surface area contributed by atoms with Gasteiger partial charge in [-0.2, -0.15) is 0 Å². The molecule has 1 atom stereocenters. The van der Waals surface area contributed by atoms with Crippen molar-refractivity contribution in [1.29, 1.82) is 0 Å². The molecular weight excluding hydrogens is 502 g/mol. The summed E-state index contributed by atoms with van der Waals surface area (Å²) in [4.78, 5) is 19.9. The van der Waals surface area contributed by atoms with Crippen LogP contribution in [-0.4, -0.2) is 49.2 Å². The Morgan fingerprint density at radius 1 is 1.11 bits per heavy atom. The van der Waals surface area contributed by atoms with E-state index in [9.17, 15) is 18.3 Å². The first-order valence-electron chi connectivity index (χ1n) is 13.4. The number of aliphatic carboxylic acids is 1. The number of hydrogen-bond donors (Lipinski definition) is 2. The Kier molecular flexibility index (Phi) is 7.69. The number of carboxylic acid groups (broad SMARTS) is 1. The second kappa shape index (κ2) is 10.2. The van der Waals surface area contributed by atoms with Gasteiger partial charge in [0.1, 0.15) is 0 Å². The van der Waals surface area contributed by atoms with Crippen LogP contribution in [0.2, 0.25) is 0 Å². The summed E-state index contributed by atoms with van der Waals surface area (Å²) in [5, 5.41) is 10.3. The maximum absolute atomic E-state index is 12.8. The van der Waals surface area contributed by atoms with E-state index in [1.165, 1.54) is 0 Å². The third kappa shape index (κ3) is 6.38. The van der Waals surface area contributed by atoms with Gasteiger partial charge in [-0.05, 0) is 83.4 Å². The van der Waals surface area contributed by atoms with E-state index in [4.69, 9.17) is 9.72 Å². The van der Waals surface area contributed by atoms with Crippen molar-refractivity contribution in [2.45, 2.75) is 96.8 Å². The first-order valence-corrected chi connectivity index (χ1v) is 14.9. The molecule has 9 heteroatoms. The fourth-order valence-electron chi connectivity index (χ4n) is 5.04. The van der Waals surface area contributed by atoms with Gasteiger partial charge in [0, 0.05) is 41.6 Å². The Balaban J connectivity index is 1.88. The van der Waals surface area contributed by atoms with Crippen LogP contribution >= 0.6 is 0 Å². The number of piperidine rings is 1. The van der Waals surface area contributed by atoms with Gasteiger partial charge in [-0.1, -0.05) is 26.0 Å². The van der Waals surface area contributed by atoms with Gasteiger partial charge in [0.15, 0.2) is 6.10 Å². The number of aryl methyl sites for hydroxylation is 2. The van der Waals surface area contributed by atoms with Crippen molar-refractivity contribution in [3.05, 3.63) is 41.2 Å². The molecule has 1 saturated carbocycles. The molecule has 2 heterocycles. The number of aromatic nitrogens is 1. The highest BCUT2D eigenvalue weighted by atomic mass is 32.2. The maximum Gasteiger partial charge on any atom is 0.337 e. The lowest BCUT2D eigenvalue weighted by molar-refractivity contribution is -0.160. The predicted octanol–water partition coefficient (Wildman–Crippen LogP) is 5.37. The molecule has 1 saturated heterocycles. The summed E-state index contributed by atoms with van der Waals surface area (Å²) in [5.41, 5.74) is 3.87. The van der Waals surface area contributed by atoms with Gasteiger partial charge in [0.25, 0.3) is 0 Å². The van der Waals surface area contributed by atoms with Crippen molar-refractivity contribution in [2.24, 2.45) is 5.41 Å². The Bertz CT molecular complexity index is 1300. The van der Waals surface area contributed by atoms with Crippen LogP contribution in [0.3, 0.4) is 0 Å². The lowest BCUT2D eigenvalue weighted by atomic mass is 9.82. The first kappa shape index (κ1) is 28.5. The highest BCUT2D eigenvalue weighted by Gasteiger charge is 2.36. The summed E-state index contributed by atoms with van der Waals surface area (Å²) in [7, 11) is -3.58. The summed E-state index contributed by atoms with van der Waals surface area (Å²) >= 11 is 0. The molecule has 1 aliphatic heterocycles. The molecular formula is C29H41N3O5S. The zero-order valence-corrected chi connectivity index (χ0v) is 24.4. The van der Waals surface area contributed by atoms with Crippen LogP contribution in [-0.2, 0) is 19.6 Å². The summed E-state index contributed by atoms with van der Waals surface area (Å²) in [6.07, 6.45) is 2.47. The number of nitrogens with one attached hydrogen (secondary N) is 1. The summed E-state index contributed by atoms with van der Waals surface area (Å²) < 4.78 is 34.4. The highest BCUT2D eigenvalue weighted by molar-refractivity contribution is 7.89. The standard InChI is InChI=1S/C29H41N3O5S/c1-18-23(20-8-12-22(13-9-20)38(35,36)31-21-10-11-21)25(32-16-14-29(6,7)15-17-32)24(19(2)30-18)26(27(33)34)37-28(3,4)5/h8-9,12-13,21,26,31H,10-11,14-17H2,1-7H3,(H,33,34)/t26-/m0/s1. The molecule has 4 rings (SSSR count). The Hall–Kier alpha value is -2.49. The number of benzene rings is 1. The van der Waals surface area contributed by atoms with E-state index in [2.05, 4.69) is 23.5 Å². The van der Waals surface area contributed by atoms with Gasteiger partial charge in [0.05, 0.1) is 16.2 Å². The van der Waals surface area contributed by atoms with Crippen LogP contribution in [0.1, 0.15) is 83.4 Å². The molecule has 0 unspecified atom stereocenters. The van der Waals surface area contributed by atoms with Crippen LogP contribution in [0.4, 0.5) is 5.69 Å². The highest BCUT2D eigenvalue weighted by Crippen LogP contribution is 2.45. The second-order valence-electron chi connectivity index (χ2n) is 12.4. The quantitative estimate of drug-likeness (QED) is 0.460. The summed E-state index contributed by atoms with van der Waals surface area (Å²) in [6, 6.07) is 6.84. The number of anilines is 1. The summed E-state index contributed by atoms with van der Waals surface area (Å²) in [6.45, 7) is 15.4. The van der Waals surface area contributed by atoms with Crippen LogP contribution in [0.25, 0.3) is 11.1 Å². The smallest absolute Gasteiger partial charge is 0.337 e. The molecule has 2 aliphatic rings. The maximum atomic E-state index is 12.8. The van der Waals surface area contributed by atoms with Crippen molar-refractivity contribution in [3.63, 3.8) is 0 Å². The third-order valence-electron chi connectivity index (χ3n) is 7.32. The van der Waals surface area contributed by atoms with Crippen molar-refractivity contribution in [3.8, 4) is 11.1 Å². The second-order valence-corrected chi connectivity index (χ2v) is 14.2. The molecule has 1 aliphatic carbocycles. The van der Waals surface area contributed by atoms with E-state index < -0.39 is 27.7 Å². The number of hydrogen-bond acceptors (Lipinski definition) is 6. The fourth-order valence-corrected chi connectivity index (χ4v) is 6.35. The molecule has 2 aromatic rings. The average Bonchev–Trinajstić information content (AvgIpc) is 3.60. The predicted molar refractivity (Wildman–Crippen MR) is 149 cm³/mol. The minimum Gasteiger partial charge on any atom is -0.479 e. The molecule has 38 heavy (non-hydrogen) atoms. The lowest BCUT2D eigenvalue weighted by Crippen LogP contribution is -2.39. The number of sulfonamides is 1. The van der Waals surface area contributed by atoms with Crippen molar-refractivity contribution in [2.75, 3.05) is 18.0 Å². The van der Waals surface area contributed by atoms with Gasteiger partial charge in [-0.25, -0.2) is 17.9 Å². The molecule has 0 spiro atoms. The van der Waals surface area contributed by atoms with E-state index in [-0.39, 0.29) is 16.4 Å². The molecule has 208 valence electrons. The molecule has 0 amide bonds. The van der Waals surface area contributed by atoms with Crippen LogP contribution < -0.4 is 9.62 Å². The Labute approximate surface area is 226 Å². The molecule has 0 bridgehead atoms. The lowest BCUT2D eigenvalue weighted by Gasteiger charge is -2.41. The van der Waals surface area contributed by atoms with Crippen LogP contribution in [0.5, 0.6) is 0 Å². The topological polar surface area (TPSA) is 109 Å². The largest absolute Gasteiger partial charge is 0.479 e. The van der Waals surface area contributed by atoms with E-state index in [1.807, 2.05) is 34.6 Å². The Morgan fingerprint density at radius 3 is 2.18 bits per heavy atom. The van der Waals surface area contributed by atoms with Gasteiger partial charge >= 0.3 is 5.97 Å². The summed E-state index contributed by atoms with van der Waals surface area (Å²) in [5.74, 6) is -1.06. The molecule has 2 N–H and O–H groups in total. The number of pyridine rings is 1. The minimum atomic E-state index is -3.58. The molecule has 2 fully saturated rings. The van der Waals surface area contributed by atoms with Crippen LogP contribution in [0.15, 0.2) is 29.2 Å². The molecule has 1 aromatic carbocycles. The minimum absolute atomic E-state index is 0.0245. The van der Waals surface area contributed by atoms with Crippen molar-refractivity contribution < 1.29 is 23.1 Å². The zero-order chi connectivity index (χ0) is 28.0. The van der Waals surface area contributed by atoms with E-state index >= 15 is 0 Å². The number of rotatable bonds is 8. The number of carbonyl (C=O) groups is 1. The first-order chi connectivity index (χ1) is 17.6. The SMILES string of the molecule is Cc1nc(C)c([C@H](OC(C)(C)C)C(=O)O)c(N2CCC(C)(C)CC2)c1-c1ccc(S(=O)(=O)NC2CC2)cc1. The van der Waals surface area contributed by atoms with Gasteiger partial charge in [-0.3, -0.25) is 4.98 Å². The van der Waals surface area contributed by atoms with Crippen molar-refractivity contribution in [1.82, 2.24) is 9.71 Å². The van der Waals surface area contributed by atoms with Gasteiger partial charge in [-0.15, -0.1) is 0 Å². The zero-order valence-electron chi connectivity index (χ0n) is 23.6. The molecule has 0 radical (unpaired) electrons. The van der Waals surface area contributed by atoms with E-state index in [0.717, 1.165) is 61.3 Å². The molecule has 8 nitrogen and oxygen atoms in total. The number of ether oxygens (including phenoxy) is 1. The Morgan fingerprint density at radius 2 is 1.68 bits per heavy atom. The van der Waals surface area contributed by atoms with E-state index in [0.29, 0.717) is 11.3 Å². The normalized spacial score (nSPS) is 18.9.